The first-order valence-electron chi connectivity index (χ1n) is 8.14. The van der Waals surface area contributed by atoms with Crippen molar-refractivity contribution in [2.45, 2.75) is 83.5 Å². The molecule has 0 radical (unpaired) electrons. The molecule has 0 saturated carbocycles. The molecule has 0 aromatic carbocycles. The molecule has 2 rings (SSSR count). The molecule has 106 valence electrons. The Morgan fingerprint density at radius 3 is 2.63 bits per heavy atom. The Bertz CT molecular complexity index is 375. The zero-order chi connectivity index (χ0) is 13.5. The quantitative estimate of drug-likeness (QED) is 0.729. The maximum absolute atomic E-state index is 4.52. The zero-order valence-electron chi connectivity index (χ0n) is 12.6. The summed E-state index contributed by atoms with van der Waals surface area (Å²) in [4.78, 5) is 0. The molecule has 0 fully saturated rings. The van der Waals surface area contributed by atoms with Gasteiger partial charge in [0.1, 0.15) is 0 Å². The highest BCUT2D eigenvalue weighted by molar-refractivity contribution is 5.25. The van der Waals surface area contributed by atoms with Gasteiger partial charge in [0.15, 0.2) is 0 Å². The van der Waals surface area contributed by atoms with Crippen LogP contribution in [0.15, 0.2) is 12.3 Å². The van der Waals surface area contributed by atoms with Crippen LogP contribution in [0.3, 0.4) is 0 Å². The minimum absolute atomic E-state index is 0.634. The second kappa shape index (κ2) is 7.62. The van der Waals surface area contributed by atoms with Crippen LogP contribution in [0.4, 0.5) is 0 Å². The van der Waals surface area contributed by atoms with Gasteiger partial charge in [-0.1, -0.05) is 52.4 Å². The van der Waals surface area contributed by atoms with E-state index in [1.54, 1.807) is 0 Å². The van der Waals surface area contributed by atoms with Gasteiger partial charge in [0.05, 0.1) is 5.69 Å². The van der Waals surface area contributed by atoms with E-state index in [-0.39, 0.29) is 0 Å². The summed E-state index contributed by atoms with van der Waals surface area (Å²) in [6.45, 7) is 4.64. The van der Waals surface area contributed by atoms with Crippen molar-refractivity contribution in [1.82, 2.24) is 10.2 Å². The number of rotatable bonds is 2. The summed E-state index contributed by atoms with van der Waals surface area (Å²) in [5.74, 6) is 1.28. The van der Waals surface area contributed by atoms with Crippen molar-refractivity contribution in [1.29, 1.82) is 0 Å². The first-order chi connectivity index (χ1) is 9.33. The topological polar surface area (TPSA) is 25.8 Å². The Labute approximate surface area is 118 Å². The molecule has 1 heterocycles. The molecule has 19 heavy (non-hydrogen) atoms. The molecule has 1 aliphatic rings. The van der Waals surface area contributed by atoms with Crippen LogP contribution in [0.5, 0.6) is 0 Å². The van der Waals surface area contributed by atoms with Gasteiger partial charge in [0.25, 0.3) is 0 Å². The van der Waals surface area contributed by atoms with Crippen LogP contribution in [0, 0.1) is 0 Å². The van der Waals surface area contributed by atoms with Crippen molar-refractivity contribution in [2.24, 2.45) is 0 Å². The van der Waals surface area contributed by atoms with E-state index in [0.717, 1.165) is 0 Å². The van der Waals surface area contributed by atoms with E-state index in [9.17, 15) is 0 Å². The van der Waals surface area contributed by atoms with Gasteiger partial charge in [-0.3, -0.25) is 0 Å². The third kappa shape index (κ3) is 4.02. The first kappa shape index (κ1) is 14.5. The second-order valence-corrected chi connectivity index (χ2v) is 6.10. The lowest BCUT2D eigenvalue weighted by Crippen LogP contribution is -2.09. The number of aromatic nitrogens is 2. The Hall–Kier alpha value is -0.920. The molecule has 2 nitrogen and oxygen atoms in total. The highest BCUT2D eigenvalue weighted by atomic mass is 15.1. The van der Waals surface area contributed by atoms with Crippen molar-refractivity contribution in [3.63, 3.8) is 0 Å². The zero-order valence-corrected chi connectivity index (χ0v) is 12.6. The van der Waals surface area contributed by atoms with Gasteiger partial charge in [-0.25, -0.2) is 0 Å². The van der Waals surface area contributed by atoms with E-state index >= 15 is 0 Å². The van der Waals surface area contributed by atoms with Crippen molar-refractivity contribution in [3.05, 3.63) is 23.5 Å². The van der Waals surface area contributed by atoms with E-state index < -0.39 is 0 Å². The standard InChI is InChI=1S/C17H28N2/c1-3-9-15-11-8-6-4-5-7-10-14(2)16-12-13-18-19-17(15)16/h12-15H,3-11H2,1-2H3. The largest absolute Gasteiger partial charge is 0.159 e. The number of hydrogen-bond acceptors (Lipinski definition) is 2. The minimum atomic E-state index is 0.634. The average molecular weight is 260 g/mol. The molecular weight excluding hydrogens is 232 g/mol. The SMILES string of the molecule is CCCC1CCCCCCCC(C)c2ccnnc21. The number of hydrogen-bond donors (Lipinski definition) is 0. The van der Waals surface area contributed by atoms with E-state index in [4.69, 9.17) is 0 Å². The summed E-state index contributed by atoms with van der Waals surface area (Å²) in [7, 11) is 0. The molecule has 0 aliphatic heterocycles. The van der Waals surface area contributed by atoms with Crippen molar-refractivity contribution < 1.29 is 0 Å². The smallest absolute Gasteiger partial charge is 0.0696 e. The molecule has 0 amide bonds. The second-order valence-electron chi connectivity index (χ2n) is 6.10. The third-order valence-corrected chi connectivity index (χ3v) is 4.53. The molecule has 0 saturated heterocycles. The van der Waals surface area contributed by atoms with Crippen molar-refractivity contribution in [2.75, 3.05) is 0 Å². The fraction of sp³-hybridized carbons (Fsp3) is 0.765. The predicted octanol–water partition coefficient (Wildman–Crippen LogP) is 5.21. The van der Waals surface area contributed by atoms with Gasteiger partial charge < -0.3 is 0 Å². The summed E-state index contributed by atoms with van der Waals surface area (Å²) in [6.07, 6.45) is 13.9. The van der Waals surface area contributed by atoms with Gasteiger partial charge in [-0.15, -0.1) is 0 Å². The van der Waals surface area contributed by atoms with Crippen LogP contribution in [-0.2, 0) is 0 Å². The molecule has 0 bridgehead atoms. The molecular formula is C17H28N2. The maximum Gasteiger partial charge on any atom is 0.0696 e. The van der Waals surface area contributed by atoms with E-state index in [2.05, 4.69) is 30.1 Å². The Morgan fingerprint density at radius 1 is 1.11 bits per heavy atom. The van der Waals surface area contributed by atoms with Gasteiger partial charge >= 0.3 is 0 Å². The third-order valence-electron chi connectivity index (χ3n) is 4.53. The highest BCUT2D eigenvalue weighted by Crippen LogP contribution is 2.34. The summed E-state index contributed by atoms with van der Waals surface area (Å²) in [6, 6.07) is 2.22. The van der Waals surface area contributed by atoms with E-state index in [1.807, 2.05) is 6.20 Å². The summed E-state index contributed by atoms with van der Waals surface area (Å²) >= 11 is 0. The Kier molecular flexibility index (Phi) is 5.81. The van der Waals surface area contributed by atoms with Gasteiger partial charge in [-0.05, 0) is 36.8 Å². The van der Waals surface area contributed by atoms with Crippen LogP contribution in [0.2, 0.25) is 0 Å². The maximum atomic E-state index is 4.52. The Balaban J connectivity index is 2.26. The lowest BCUT2D eigenvalue weighted by Gasteiger charge is -2.20. The molecule has 2 unspecified atom stereocenters. The fourth-order valence-corrected chi connectivity index (χ4v) is 3.38. The predicted molar refractivity (Wildman–Crippen MR) is 80.4 cm³/mol. The lowest BCUT2D eigenvalue weighted by atomic mass is 9.86. The van der Waals surface area contributed by atoms with Crippen molar-refractivity contribution >= 4 is 0 Å². The van der Waals surface area contributed by atoms with Gasteiger partial charge in [-0.2, -0.15) is 10.2 Å². The molecule has 1 aromatic rings. The average Bonchev–Trinajstić information content (AvgIpc) is 2.47. The number of nitrogens with zero attached hydrogens (tertiary/aromatic N) is 2. The molecule has 1 aromatic heterocycles. The van der Waals surface area contributed by atoms with Crippen LogP contribution < -0.4 is 0 Å². The number of fused-ring (bicyclic) bond motifs is 1. The highest BCUT2D eigenvalue weighted by Gasteiger charge is 2.20. The normalized spacial score (nSPS) is 25.4. The molecule has 2 atom stereocenters. The van der Waals surface area contributed by atoms with Gasteiger partial charge in [0, 0.05) is 12.1 Å². The monoisotopic (exact) mass is 260 g/mol. The van der Waals surface area contributed by atoms with Crippen LogP contribution in [0.25, 0.3) is 0 Å². The fourth-order valence-electron chi connectivity index (χ4n) is 3.38. The minimum Gasteiger partial charge on any atom is -0.159 e. The van der Waals surface area contributed by atoms with Gasteiger partial charge in [0.2, 0.25) is 0 Å². The summed E-state index contributed by atoms with van der Waals surface area (Å²) in [5.41, 5.74) is 2.77. The van der Waals surface area contributed by atoms with Crippen LogP contribution in [0.1, 0.15) is 94.7 Å². The van der Waals surface area contributed by atoms with Crippen LogP contribution in [-0.4, -0.2) is 10.2 Å². The van der Waals surface area contributed by atoms with E-state index in [1.165, 1.54) is 69.0 Å². The van der Waals surface area contributed by atoms with E-state index in [0.29, 0.717) is 11.8 Å². The van der Waals surface area contributed by atoms with Crippen LogP contribution >= 0.6 is 0 Å². The Morgan fingerprint density at radius 2 is 1.84 bits per heavy atom. The lowest BCUT2D eigenvalue weighted by molar-refractivity contribution is 0.504. The molecule has 2 heteroatoms. The molecule has 0 spiro atoms. The summed E-state index contributed by atoms with van der Waals surface area (Å²) < 4.78 is 0. The molecule has 1 aliphatic carbocycles. The first-order valence-corrected chi connectivity index (χ1v) is 8.14. The summed E-state index contributed by atoms with van der Waals surface area (Å²) in [5, 5.41) is 8.69. The molecule has 0 N–H and O–H groups in total. The van der Waals surface area contributed by atoms with Crippen molar-refractivity contribution in [3.8, 4) is 0 Å².